The van der Waals surface area contributed by atoms with E-state index in [2.05, 4.69) is 0 Å². The van der Waals surface area contributed by atoms with Gasteiger partial charge in [-0.3, -0.25) is 4.79 Å². The van der Waals surface area contributed by atoms with Gasteiger partial charge >= 0.3 is 5.97 Å². The van der Waals surface area contributed by atoms with Crippen molar-refractivity contribution in [1.82, 2.24) is 0 Å². The Hall–Kier alpha value is -0.480. The minimum absolute atomic E-state index is 0.481. The number of hydrogen-bond donors (Lipinski definition) is 1. The van der Waals surface area contributed by atoms with E-state index >= 15 is 0 Å². The fraction of sp³-hybridized carbons (Fsp3) is 0.375. The predicted molar refractivity (Wildman–Crippen MR) is 49.8 cm³/mol. The van der Waals surface area contributed by atoms with Crippen molar-refractivity contribution in [3.05, 3.63) is 17.5 Å². The third-order valence-corrected chi connectivity index (χ3v) is 4.40. The van der Waals surface area contributed by atoms with E-state index in [0.29, 0.717) is 0 Å². The second-order valence-electron chi connectivity index (χ2n) is 2.83. The van der Waals surface area contributed by atoms with Crippen LogP contribution < -0.4 is 0 Å². The Balaban J connectivity index is 2.09. The summed E-state index contributed by atoms with van der Waals surface area (Å²) < 4.78 is 0.625. The lowest BCUT2D eigenvalue weighted by Gasteiger charge is -2.05. The summed E-state index contributed by atoms with van der Waals surface area (Å²) in [5, 5.41) is 10.9. The lowest BCUT2D eigenvalue weighted by Crippen LogP contribution is -2.16. The molecule has 2 nitrogen and oxygen atoms in total. The van der Waals surface area contributed by atoms with E-state index < -0.39 is 10.7 Å². The summed E-state index contributed by atoms with van der Waals surface area (Å²) in [5.74, 6) is -0.666. The van der Waals surface area contributed by atoms with E-state index in [-0.39, 0.29) is 0 Å². The Labute approximate surface area is 78.6 Å². The highest BCUT2D eigenvalue weighted by atomic mass is 32.2. The van der Waals surface area contributed by atoms with Crippen molar-refractivity contribution in [1.29, 1.82) is 0 Å². The van der Waals surface area contributed by atoms with Crippen LogP contribution in [-0.4, -0.2) is 15.8 Å². The fourth-order valence-electron chi connectivity index (χ4n) is 0.987. The molecule has 0 spiro atoms. The molecular weight excluding hydrogens is 192 g/mol. The molecule has 0 atom stereocenters. The van der Waals surface area contributed by atoms with Crippen LogP contribution in [0.25, 0.3) is 0 Å². The van der Waals surface area contributed by atoms with E-state index in [1.54, 1.807) is 11.3 Å². The fourth-order valence-corrected chi connectivity index (χ4v) is 3.20. The predicted octanol–water partition coefficient (Wildman–Crippen LogP) is 2.46. The van der Waals surface area contributed by atoms with Crippen molar-refractivity contribution >= 4 is 29.1 Å². The number of rotatable bonds is 3. The van der Waals surface area contributed by atoms with Crippen LogP contribution >= 0.6 is 23.1 Å². The van der Waals surface area contributed by atoms with E-state index in [1.807, 2.05) is 17.5 Å². The molecule has 4 heteroatoms. The Morgan fingerprint density at radius 2 is 2.42 bits per heavy atom. The van der Waals surface area contributed by atoms with Gasteiger partial charge in [0.05, 0.1) is 4.21 Å². The molecule has 0 aliphatic heterocycles. The summed E-state index contributed by atoms with van der Waals surface area (Å²) in [5.41, 5.74) is 0. The highest BCUT2D eigenvalue weighted by Crippen LogP contribution is 2.52. The molecule has 1 aliphatic rings. The number of carbonyl (C=O) groups is 1. The highest BCUT2D eigenvalue weighted by molar-refractivity contribution is 8.03. The molecule has 0 unspecified atom stereocenters. The number of thiophene rings is 1. The lowest BCUT2D eigenvalue weighted by atomic mass is 10.4. The maximum absolute atomic E-state index is 10.8. The van der Waals surface area contributed by atoms with Gasteiger partial charge in [-0.2, -0.15) is 0 Å². The number of carboxylic acid groups (broad SMARTS) is 1. The van der Waals surface area contributed by atoms with Gasteiger partial charge < -0.3 is 5.11 Å². The molecule has 0 aromatic carbocycles. The average molecular weight is 200 g/mol. The van der Waals surface area contributed by atoms with Gasteiger partial charge in [0.15, 0.2) is 0 Å². The molecular formula is C8H8O2S2. The molecule has 12 heavy (non-hydrogen) atoms. The summed E-state index contributed by atoms with van der Waals surface area (Å²) in [4.78, 5) is 10.8. The van der Waals surface area contributed by atoms with Crippen LogP contribution in [0.5, 0.6) is 0 Å². The summed E-state index contributed by atoms with van der Waals surface area (Å²) >= 11 is 3.10. The monoisotopic (exact) mass is 200 g/mol. The largest absolute Gasteiger partial charge is 0.480 e. The molecule has 0 radical (unpaired) electrons. The smallest absolute Gasteiger partial charge is 0.320 e. The van der Waals surface area contributed by atoms with Gasteiger partial charge in [-0.25, -0.2) is 0 Å². The Bertz CT molecular complexity index is 288. The zero-order valence-corrected chi connectivity index (χ0v) is 7.95. The van der Waals surface area contributed by atoms with E-state index in [0.717, 1.165) is 17.1 Å². The van der Waals surface area contributed by atoms with Crippen molar-refractivity contribution in [3.63, 3.8) is 0 Å². The van der Waals surface area contributed by atoms with Gasteiger partial charge in [0.2, 0.25) is 0 Å². The first-order valence-electron chi connectivity index (χ1n) is 3.69. The quantitative estimate of drug-likeness (QED) is 0.814. The molecule has 1 heterocycles. The van der Waals surface area contributed by atoms with Crippen molar-refractivity contribution < 1.29 is 9.90 Å². The molecule has 64 valence electrons. The first-order valence-corrected chi connectivity index (χ1v) is 5.38. The SMILES string of the molecule is O=C(O)C1(Sc2cccs2)CC1. The third kappa shape index (κ3) is 1.36. The molecule has 1 saturated carbocycles. The van der Waals surface area contributed by atoms with Crippen LogP contribution in [0, 0.1) is 0 Å². The first-order chi connectivity index (χ1) is 5.73. The van der Waals surface area contributed by atoms with Crippen LogP contribution in [0.4, 0.5) is 0 Å². The van der Waals surface area contributed by atoms with Gasteiger partial charge in [0.25, 0.3) is 0 Å². The highest BCUT2D eigenvalue weighted by Gasteiger charge is 2.51. The first kappa shape index (κ1) is 8.13. The minimum Gasteiger partial charge on any atom is -0.480 e. The molecule has 0 amide bonds. The molecule has 2 rings (SSSR count). The van der Waals surface area contributed by atoms with Gasteiger partial charge in [0.1, 0.15) is 4.75 Å². The van der Waals surface area contributed by atoms with E-state index in [9.17, 15) is 4.79 Å². The van der Waals surface area contributed by atoms with Gasteiger partial charge in [0, 0.05) is 0 Å². The van der Waals surface area contributed by atoms with Crippen molar-refractivity contribution in [2.24, 2.45) is 0 Å². The Kier molecular flexibility index (Phi) is 1.88. The molecule has 1 aromatic rings. The summed E-state index contributed by atoms with van der Waals surface area (Å²) in [7, 11) is 0. The van der Waals surface area contributed by atoms with Crippen LogP contribution in [-0.2, 0) is 4.79 Å². The molecule has 0 bridgehead atoms. The van der Waals surface area contributed by atoms with Gasteiger partial charge in [-0.15, -0.1) is 11.3 Å². The molecule has 1 aromatic heterocycles. The minimum atomic E-state index is -0.666. The number of aliphatic carboxylic acids is 1. The van der Waals surface area contributed by atoms with Crippen LogP contribution in [0.15, 0.2) is 21.7 Å². The van der Waals surface area contributed by atoms with Crippen LogP contribution in [0.2, 0.25) is 0 Å². The molecule has 1 fully saturated rings. The zero-order valence-electron chi connectivity index (χ0n) is 6.32. The number of carboxylic acids is 1. The average Bonchev–Trinajstić information content (AvgIpc) is 2.60. The lowest BCUT2D eigenvalue weighted by molar-refractivity contribution is -0.137. The molecule has 1 aliphatic carbocycles. The van der Waals surface area contributed by atoms with Crippen molar-refractivity contribution in [2.75, 3.05) is 0 Å². The summed E-state index contributed by atoms with van der Waals surface area (Å²) in [6, 6.07) is 3.92. The third-order valence-electron chi connectivity index (χ3n) is 1.88. The number of thioether (sulfide) groups is 1. The van der Waals surface area contributed by atoms with Crippen LogP contribution in [0.3, 0.4) is 0 Å². The van der Waals surface area contributed by atoms with E-state index in [1.165, 1.54) is 11.8 Å². The normalized spacial score (nSPS) is 19.0. The van der Waals surface area contributed by atoms with Crippen LogP contribution in [0.1, 0.15) is 12.8 Å². The Morgan fingerprint density at radius 3 is 2.83 bits per heavy atom. The zero-order chi connectivity index (χ0) is 8.60. The van der Waals surface area contributed by atoms with Crippen molar-refractivity contribution in [2.45, 2.75) is 21.8 Å². The summed E-state index contributed by atoms with van der Waals surface area (Å²) in [6.07, 6.45) is 1.62. The second-order valence-corrected chi connectivity index (χ2v) is 5.47. The molecule has 0 saturated heterocycles. The van der Waals surface area contributed by atoms with Crippen molar-refractivity contribution in [3.8, 4) is 0 Å². The maximum atomic E-state index is 10.8. The second kappa shape index (κ2) is 2.78. The number of hydrogen-bond acceptors (Lipinski definition) is 3. The van der Waals surface area contributed by atoms with Gasteiger partial charge in [-0.1, -0.05) is 17.8 Å². The maximum Gasteiger partial charge on any atom is 0.320 e. The molecule has 1 N–H and O–H groups in total. The van der Waals surface area contributed by atoms with Gasteiger partial charge in [-0.05, 0) is 24.3 Å². The topological polar surface area (TPSA) is 37.3 Å². The summed E-state index contributed by atoms with van der Waals surface area (Å²) in [6.45, 7) is 0. The standard InChI is InChI=1S/C8H8O2S2/c9-7(10)8(3-4-8)12-6-2-1-5-11-6/h1-2,5H,3-4H2,(H,9,10). The van der Waals surface area contributed by atoms with E-state index in [4.69, 9.17) is 5.11 Å². The Morgan fingerprint density at radius 1 is 1.67 bits per heavy atom.